The number of nitrogens with zero attached hydrogens (tertiary/aromatic N) is 1. The molecule has 7 heteroatoms. The van der Waals surface area contributed by atoms with Crippen LogP contribution in [0, 0.1) is 5.92 Å². The number of likely N-dealkylation sites (tertiary alicyclic amines) is 1. The maximum absolute atomic E-state index is 12.8. The molecule has 1 N–H and O–H groups in total. The Kier molecular flexibility index (Phi) is 8.04. The molecule has 0 saturated carbocycles. The fraction of sp³-hybridized carbons (Fsp3) is 0.636. The molecule has 29 heavy (non-hydrogen) atoms. The first-order chi connectivity index (χ1) is 14.1. The third kappa shape index (κ3) is 6.01. The Bertz CT molecular complexity index is 725. The van der Waals surface area contributed by atoms with Crippen LogP contribution in [-0.4, -0.2) is 49.6 Å². The van der Waals surface area contributed by atoms with E-state index in [1.54, 1.807) is 11.0 Å². The summed E-state index contributed by atoms with van der Waals surface area (Å²) < 4.78 is 11.1. The highest BCUT2D eigenvalue weighted by Crippen LogP contribution is 2.38. The number of ether oxygens (including phenoxy) is 2. The molecule has 0 aliphatic carbocycles. The van der Waals surface area contributed by atoms with Gasteiger partial charge < -0.3 is 19.7 Å². The third-order valence-corrected chi connectivity index (χ3v) is 5.77. The lowest BCUT2D eigenvalue weighted by atomic mass is 9.96. The number of benzene rings is 1. The summed E-state index contributed by atoms with van der Waals surface area (Å²) in [7, 11) is 0. The molecule has 0 bridgehead atoms. The topological polar surface area (TPSA) is 67.9 Å². The standard InChI is InChI=1S/C22H31ClN2O4/c1-2-3-4-5-8-24-22(27)17-7-6-9-25(15-17)20(26)14-16-12-18(23)21-19(13-16)28-10-11-29-21/h12-13,17H,2-11,14-15H2,1H3,(H,24,27). The van der Waals surface area contributed by atoms with Gasteiger partial charge >= 0.3 is 0 Å². The molecule has 2 aliphatic heterocycles. The van der Waals surface area contributed by atoms with Crippen molar-refractivity contribution in [2.75, 3.05) is 32.8 Å². The first-order valence-electron chi connectivity index (χ1n) is 10.7. The molecule has 1 fully saturated rings. The number of hydrogen-bond acceptors (Lipinski definition) is 4. The maximum Gasteiger partial charge on any atom is 0.227 e. The van der Waals surface area contributed by atoms with Crippen molar-refractivity contribution >= 4 is 23.4 Å². The SMILES string of the molecule is CCCCCCNC(=O)C1CCCN(C(=O)Cc2cc(Cl)c3c(c2)OCCO3)C1. The van der Waals surface area contributed by atoms with Crippen molar-refractivity contribution in [1.82, 2.24) is 10.2 Å². The molecule has 0 aromatic heterocycles. The van der Waals surface area contributed by atoms with E-state index in [1.807, 2.05) is 6.07 Å². The number of carbonyl (C=O) groups is 2. The highest BCUT2D eigenvalue weighted by atomic mass is 35.5. The van der Waals surface area contributed by atoms with Crippen molar-refractivity contribution in [1.29, 1.82) is 0 Å². The number of carbonyl (C=O) groups excluding carboxylic acids is 2. The first kappa shape index (κ1) is 21.8. The van der Waals surface area contributed by atoms with E-state index < -0.39 is 0 Å². The van der Waals surface area contributed by atoms with E-state index in [0.717, 1.165) is 37.8 Å². The summed E-state index contributed by atoms with van der Waals surface area (Å²) in [5.74, 6) is 1.09. The molecule has 6 nitrogen and oxygen atoms in total. The van der Waals surface area contributed by atoms with E-state index in [0.29, 0.717) is 42.8 Å². The molecule has 2 amide bonds. The summed E-state index contributed by atoms with van der Waals surface area (Å²) in [5, 5.41) is 3.50. The summed E-state index contributed by atoms with van der Waals surface area (Å²) in [4.78, 5) is 27.1. The van der Waals surface area contributed by atoms with Gasteiger partial charge in [0.15, 0.2) is 11.5 Å². The number of halogens is 1. The minimum Gasteiger partial charge on any atom is -0.486 e. The van der Waals surface area contributed by atoms with Crippen LogP contribution in [0.5, 0.6) is 11.5 Å². The highest BCUT2D eigenvalue weighted by molar-refractivity contribution is 6.32. The summed E-state index contributed by atoms with van der Waals surface area (Å²) in [6.07, 6.45) is 6.46. The molecule has 0 radical (unpaired) electrons. The zero-order valence-electron chi connectivity index (χ0n) is 17.2. The van der Waals surface area contributed by atoms with Crippen molar-refractivity contribution in [3.8, 4) is 11.5 Å². The number of unbranched alkanes of at least 4 members (excludes halogenated alkanes) is 3. The second-order valence-electron chi connectivity index (χ2n) is 7.81. The van der Waals surface area contributed by atoms with E-state index in [4.69, 9.17) is 21.1 Å². The van der Waals surface area contributed by atoms with Crippen molar-refractivity contribution < 1.29 is 19.1 Å². The van der Waals surface area contributed by atoms with Gasteiger partial charge in [0.2, 0.25) is 11.8 Å². The van der Waals surface area contributed by atoms with Crippen LogP contribution in [0.4, 0.5) is 0 Å². The smallest absolute Gasteiger partial charge is 0.227 e. The van der Waals surface area contributed by atoms with Gasteiger partial charge in [-0.2, -0.15) is 0 Å². The molecule has 1 saturated heterocycles. The van der Waals surface area contributed by atoms with E-state index in [1.165, 1.54) is 12.8 Å². The molecule has 2 heterocycles. The predicted molar refractivity (Wildman–Crippen MR) is 113 cm³/mol. The number of nitrogens with one attached hydrogen (secondary N) is 1. The second kappa shape index (κ2) is 10.7. The normalized spacial score (nSPS) is 18.4. The molecular weight excluding hydrogens is 392 g/mol. The van der Waals surface area contributed by atoms with E-state index in [2.05, 4.69) is 12.2 Å². The molecule has 3 rings (SSSR count). The van der Waals surface area contributed by atoms with E-state index in [-0.39, 0.29) is 24.2 Å². The van der Waals surface area contributed by atoms with Gasteiger partial charge in [-0.3, -0.25) is 9.59 Å². The summed E-state index contributed by atoms with van der Waals surface area (Å²) in [5.41, 5.74) is 0.798. The van der Waals surface area contributed by atoms with Crippen LogP contribution in [0.15, 0.2) is 12.1 Å². The van der Waals surface area contributed by atoms with Gasteiger partial charge in [0.1, 0.15) is 13.2 Å². The fourth-order valence-corrected chi connectivity index (χ4v) is 4.17. The highest BCUT2D eigenvalue weighted by Gasteiger charge is 2.28. The average molecular weight is 423 g/mol. The number of amides is 2. The van der Waals surface area contributed by atoms with Crippen LogP contribution < -0.4 is 14.8 Å². The maximum atomic E-state index is 12.8. The van der Waals surface area contributed by atoms with Gasteiger partial charge in [-0.05, 0) is 37.0 Å². The Morgan fingerprint density at radius 2 is 2.03 bits per heavy atom. The molecule has 1 unspecified atom stereocenters. The molecule has 0 spiro atoms. The zero-order valence-corrected chi connectivity index (χ0v) is 17.9. The van der Waals surface area contributed by atoms with Crippen molar-refractivity contribution in [3.63, 3.8) is 0 Å². The Hall–Kier alpha value is -1.95. The van der Waals surface area contributed by atoms with E-state index in [9.17, 15) is 9.59 Å². The summed E-state index contributed by atoms with van der Waals surface area (Å²) in [6, 6.07) is 3.58. The molecule has 2 aliphatic rings. The van der Waals surface area contributed by atoms with Crippen molar-refractivity contribution in [2.45, 2.75) is 51.9 Å². The number of fused-ring (bicyclic) bond motifs is 1. The zero-order chi connectivity index (χ0) is 20.6. The van der Waals surface area contributed by atoms with E-state index >= 15 is 0 Å². The van der Waals surface area contributed by atoms with Gasteiger partial charge in [-0.15, -0.1) is 0 Å². The minimum absolute atomic E-state index is 0.0122. The van der Waals surface area contributed by atoms with Crippen LogP contribution in [0.2, 0.25) is 5.02 Å². The van der Waals surface area contributed by atoms with Gasteiger partial charge in [-0.25, -0.2) is 0 Å². The van der Waals surface area contributed by atoms with Gasteiger partial charge in [0, 0.05) is 19.6 Å². The minimum atomic E-state index is -0.122. The lowest BCUT2D eigenvalue weighted by Gasteiger charge is -2.32. The number of hydrogen-bond donors (Lipinski definition) is 1. The van der Waals surface area contributed by atoms with Crippen molar-refractivity contribution in [2.24, 2.45) is 5.92 Å². The number of piperidine rings is 1. The molecule has 1 aromatic rings. The Labute approximate surface area is 177 Å². The van der Waals surface area contributed by atoms with Crippen LogP contribution in [0.25, 0.3) is 0 Å². The first-order valence-corrected chi connectivity index (χ1v) is 11.1. The average Bonchev–Trinajstić information content (AvgIpc) is 2.73. The van der Waals surface area contributed by atoms with Crippen molar-refractivity contribution in [3.05, 3.63) is 22.7 Å². The summed E-state index contributed by atoms with van der Waals surface area (Å²) >= 11 is 6.28. The monoisotopic (exact) mass is 422 g/mol. The van der Waals surface area contributed by atoms with Crippen LogP contribution in [-0.2, 0) is 16.0 Å². The van der Waals surface area contributed by atoms with Crippen LogP contribution >= 0.6 is 11.6 Å². The molecular formula is C22H31ClN2O4. The Morgan fingerprint density at radius 1 is 1.21 bits per heavy atom. The Morgan fingerprint density at radius 3 is 2.86 bits per heavy atom. The Balaban J connectivity index is 1.52. The van der Waals surface area contributed by atoms with Crippen LogP contribution in [0.3, 0.4) is 0 Å². The van der Waals surface area contributed by atoms with Crippen LogP contribution in [0.1, 0.15) is 51.0 Å². The third-order valence-electron chi connectivity index (χ3n) is 5.49. The molecule has 1 atom stereocenters. The van der Waals surface area contributed by atoms with Gasteiger partial charge in [0.25, 0.3) is 0 Å². The second-order valence-corrected chi connectivity index (χ2v) is 8.22. The van der Waals surface area contributed by atoms with Gasteiger partial charge in [0.05, 0.1) is 17.4 Å². The fourth-order valence-electron chi connectivity index (χ4n) is 3.88. The summed E-state index contributed by atoms with van der Waals surface area (Å²) in [6.45, 7) is 5.02. The quantitative estimate of drug-likeness (QED) is 0.650. The molecule has 160 valence electrons. The largest absolute Gasteiger partial charge is 0.486 e. The molecule has 1 aromatic carbocycles. The van der Waals surface area contributed by atoms with Gasteiger partial charge in [-0.1, -0.05) is 37.8 Å². The predicted octanol–water partition coefficient (Wildman–Crippen LogP) is 3.59. The number of rotatable bonds is 8. The lowest BCUT2D eigenvalue weighted by molar-refractivity contribution is -0.135. The lowest BCUT2D eigenvalue weighted by Crippen LogP contribution is -2.46.